The van der Waals surface area contributed by atoms with Crippen molar-refractivity contribution in [3.05, 3.63) is 35.4 Å². The predicted molar refractivity (Wildman–Crippen MR) is 84.3 cm³/mol. The second kappa shape index (κ2) is 6.06. The van der Waals surface area contributed by atoms with E-state index in [4.69, 9.17) is 5.73 Å². The van der Waals surface area contributed by atoms with E-state index in [9.17, 15) is 0 Å². The fraction of sp³-hybridized carbons (Fsp3) is 0.647. The normalized spacial score (nSPS) is 13.1. The molecule has 1 aromatic rings. The highest BCUT2D eigenvalue weighted by Crippen LogP contribution is 2.23. The number of nitrogens with zero attached hydrogens (tertiary/aromatic N) is 1. The van der Waals surface area contributed by atoms with Gasteiger partial charge in [0.25, 0.3) is 0 Å². The number of nitrogens with two attached hydrogens (primary N) is 1. The third kappa shape index (κ3) is 5.33. The van der Waals surface area contributed by atoms with Gasteiger partial charge in [0.1, 0.15) is 0 Å². The van der Waals surface area contributed by atoms with Gasteiger partial charge in [-0.1, -0.05) is 58.9 Å². The minimum atomic E-state index is 0.181. The fourth-order valence-electron chi connectivity index (χ4n) is 2.27. The molecule has 0 unspecified atom stereocenters. The van der Waals surface area contributed by atoms with Gasteiger partial charge >= 0.3 is 0 Å². The van der Waals surface area contributed by atoms with Crippen LogP contribution in [0.5, 0.6) is 0 Å². The van der Waals surface area contributed by atoms with Crippen molar-refractivity contribution in [2.24, 2.45) is 11.1 Å². The largest absolute Gasteiger partial charge is 0.330 e. The van der Waals surface area contributed by atoms with Gasteiger partial charge in [-0.2, -0.15) is 0 Å². The van der Waals surface area contributed by atoms with E-state index in [1.54, 1.807) is 0 Å². The zero-order valence-electron chi connectivity index (χ0n) is 13.5. The van der Waals surface area contributed by atoms with E-state index >= 15 is 0 Å². The molecule has 108 valence electrons. The number of benzene rings is 1. The van der Waals surface area contributed by atoms with E-state index in [0.717, 1.165) is 19.6 Å². The summed E-state index contributed by atoms with van der Waals surface area (Å²) in [5, 5.41) is 0. The Balaban J connectivity index is 2.63. The van der Waals surface area contributed by atoms with Gasteiger partial charge in [0.05, 0.1) is 0 Å². The van der Waals surface area contributed by atoms with Gasteiger partial charge in [-0.05, 0) is 35.5 Å². The molecule has 1 aromatic carbocycles. The summed E-state index contributed by atoms with van der Waals surface area (Å²) in [6, 6.07) is 8.98. The molecule has 0 saturated heterocycles. The summed E-state index contributed by atoms with van der Waals surface area (Å²) < 4.78 is 0. The maximum Gasteiger partial charge on any atom is 0.0230 e. The average molecular weight is 262 g/mol. The predicted octanol–water partition coefficient (Wildman–Crippen LogP) is 3.40. The van der Waals surface area contributed by atoms with Gasteiger partial charge < -0.3 is 10.6 Å². The number of hydrogen-bond donors (Lipinski definition) is 1. The first-order valence-corrected chi connectivity index (χ1v) is 7.12. The molecular formula is C17H30N2. The van der Waals surface area contributed by atoms with Crippen LogP contribution in [0.25, 0.3) is 0 Å². The van der Waals surface area contributed by atoms with E-state index in [-0.39, 0.29) is 10.8 Å². The highest BCUT2D eigenvalue weighted by Gasteiger charge is 2.18. The Morgan fingerprint density at radius 2 is 1.53 bits per heavy atom. The molecule has 0 bridgehead atoms. The fourth-order valence-corrected chi connectivity index (χ4v) is 2.27. The van der Waals surface area contributed by atoms with Crippen molar-refractivity contribution in [3.8, 4) is 0 Å². The zero-order chi connectivity index (χ0) is 14.7. The molecule has 0 aliphatic carbocycles. The molecule has 0 fully saturated rings. The molecule has 0 saturated carbocycles. The third-order valence-electron chi connectivity index (χ3n) is 3.52. The van der Waals surface area contributed by atoms with Gasteiger partial charge in [0, 0.05) is 13.1 Å². The van der Waals surface area contributed by atoms with Crippen molar-refractivity contribution in [1.82, 2.24) is 4.90 Å². The molecule has 0 atom stereocenters. The molecule has 0 aromatic heterocycles. The van der Waals surface area contributed by atoms with Crippen molar-refractivity contribution >= 4 is 0 Å². The molecule has 2 N–H and O–H groups in total. The Morgan fingerprint density at radius 3 is 1.95 bits per heavy atom. The Bertz CT molecular complexity index is 385. The Morgan fingerprint density at radius 1 is 1.00 bits per heavy atom. The molecule has 19 heavy (non-hydrogen) atoms. The van der Waals surface area contributed by atoms with E-state index in [2.05, 4.69) is 70.8 Å². The smallest absolute Gasteiger partial charge is 0.0230 e. The third-order valence-corrected chi connectivity index (χ3v) is 3.52. The monoisotopic (exact) mass is 262 g/mol. The van der Waals surface area contributed by atoms with Gasteiger partial charge in [-0.15, -0.1) is 0 Å². The van der Waals surface area contributed by atoms with E-state index < -0.39 is 0 Å². The van der Waals surface area contributed by atoms with Gasteiger partial charge in [-0.25, -0.2) is 0 Å². The summed E-state index contributed by atoms with van der Waals surface area (Å²) in [4.78, 5) is 2.35. The Kier molecular flexibility index (Phi) is 5.17. The van der Waals surface area contributed by atoms with Gasteiger partial charge in [0.15, 0.2) is 0 Å². The highest BCUT2D eigenvalue weighted by atomic mass is 15.1. The molecule has 0 amide bonds. The molecule has 1 rings (SSSR count). The second-order valence-electron chi connectivity index (χ2n) is 7.49. The van der Waals surface area contributed by atoms with Crippen LogP contribution < -0.4 is 5.73 Å². The minimum absolute atomic E-state index is 0.181. The lowest BCUT2D eigenvalue weighted by molar-refractivity contribution is 0.210. The van der Waals surface area contributed by atoms with Crippen molar-refractivity contribution in [2.45, 2.75) is 46.6 Å². The lowest BCUT2D eigenvalue weighted by atomic mass is 9.86. The van der Waals surface area contributed by atoms with Crippen LogP contribution in [-0.2, 0) is 12.0 Å². The van der Waals surface area contributed by atoms with Crippen molar-refractivity contribution in [2.75, 3.05) is 20.1 Å². The van der Waals surface area contributed by atoms with E-state index in [1.165, 1.54) is 11.1 Å². The second-order valence-corrected chi connectivity index (χ2v) is 7.49. The summed E-state index contributed by atoms with van der Waals surface area (Å²) >= 11 is 0. The lowest BCUT2D eigenvalue weighted by Gasteiger charge is -2.29. The molecule has 0 aliphatic heterocycles. The summed E-state index contributed by atoms with van der Waals surface area (Å²) in [7, 11) is 2.16. The molecule has 0 spiro atoms. The van der Waals surface area contributed by atoms with Crippen LogP contribution in [-0.4, -0.2) is 25.0 Å². The van der Waals surface area contributed by atoms with Crippen LogP contribution >= 0.6 is 0 Å². The standard InChI is InChI=1S/C17H30N2/c1-16(2,3)15-9-7-14(8-10-15)11-19(6)13-17(4,5)12-18/h7-10H,11-13,18H2,1-6H3. The summed E-state index contributed by atoms with van der Waals surface area (Å²) in [6.45, 7) is 13.9. The van der Waals surface area contributed by atoms with Crippen LogP contribution in [0.1, 0.15) is 45.7 Å². The molecule has 0 radical (unpaired) electrons. The lowest BCUT2D eigenvalue weighted by Crippen LogP contribution is -2.36. The molecule has 0 aliphatic rings. The first-order chi connectivity index (χ1) is 8.64. The molecular weight excluding hydrogens is 232 g/mol. The van der Waals surface area contributed by atoms with E-state index in [0.29, 0.717) is 0 Å². The minimum Gasteiger partial charge on any atom is -0.330 e. The van der Waals surface area contributed by atoms with Crippen LogP contribution in [0.2, 0.25) is 0 Å². The number of hydrogen-bond acceptors (Lipinski definition) is 2. The zero-order valence-corrected chi connectivity index (χ0v) is 13.5. The van der Waals surface area contributed by atoms with Crippen molar-refractivity contribution in [3.63, 3.8) is 0 Å². The van der Waals surface area contributed by atoms with E-state index in [1.807, 2.05) is 0 Å². The topological polar surface area (TPSA) is 29.3 Å². The molecule has 2 nitrogen and oxygen atoms in total. The van der Waals surface area contributed by atoms with Crippen LogP contribution in [0.3, 0.4) is 0 Å². The Labute approximate surface area is 119 Å². The first-order valence-electron chi connectivity index (χ1n) is 7.12. The first kappa shape index (κ1) is 16.2. The van der Waals surface area contributed by atoms with Gasteiger partial charge in [0.2, 0.25) is 0 Å². The average Bonchev–Trinajstić information content (AvgIpc) is 2.27. The maximum absolute atomic E-state index is 5.79. The quantitative estimate of drug-likeness (QED) is 0.881. The van der Waals surface area contributed by atoms with Crippen LogP contribution in [0.4, 0.5) is 0 Å². The van der Waals surface area contributed by atoms with Gasteiger partial charge in [-0.3, -0.25) is 0 Å². The van der Waals surface area contributed by atoms with Crippen LogP contribution in [0, 0.1) is 5.41 Å². The summed E-state index contributed by atoms with van der Waals surface area (Å²) in [5.41, 5.74) is 8.95. The van der Waals surface area contributed by atoms with Crippen molar-refractivity contribution < 1.29 is 0 Å². The maximum atomic E-state index is 5.79. The summed E-state index contributed by atoms with van der Waals surface area (Å²) in [6.07, 6.45) is 0. The molecule has 2 heteroatoms. The SMILES string of the molecule is CN(Cc1ccc(C(C)(C)C)cc1)CC(C)(C)CN. The highest BCUT2D eigenvalue weighted by molar-refractivity contribution is 5.27. The van der Waals surface area contributed by atoms with Crippen molar-refractivity contribution in [1.29, 1.82) is 0 Å². The van der Waals surface area contributed by atoms with Crippen LogP contribution in [0.15, 0.2) is 24.3 Å². The summed E-state index contributed by atoms with van der Waals surface area (Å²) in [5.74, 6) is 0. The molecule has 0 heterocycles. The Hall–Kier alpha value is -0.860. The number of rotatable bonds is 5.